The molecule has 2 heterocycles. The van der Waals surface area contributed by atoms with Crippen molar-refractivity contribution < 1.29 is 18.7 Å². The number of fused-ring (bicyclic) bond motifs is 2. The zero-order valence-corrected chi connectivity index (χ0v) is 14.5. The molecule has 132 valence electrons. The summed E-state index contributed by atoms with van der Waals surface area (Å²) >= 11 is 0. The highest BCUT2D eigenvalue weighted by atomic mass is 16.6. The summed E-state index contributed by atoms with van der Waals surface area (Å²) in [4.78, 5) is 26.7. The maximum Gasteiger partial charge on any atom is 0.375 e. The van der Waals surface area contributed by atoms with Gasteiger partial charge in [0.2, 0.25) is 5.76 Å². The zero-order valence-electron chi connectivity index (χ0n) is 14.5. The summed E-state index contributed by atoms with van der Waals surface area (Å²) in [6.07, 6.45) is -0.0485. The van der Waals surface area contributed by atoms with Crippen molar-refractivity contribution in [3.05, 3.63) is 71.5 Å². The number of furan rings is 1. The fourth-order valence-corrected chi connectivity index (χ4v) is 3.29. The van der Waals surface area contributed by atoms with Crippen molar-refractivity contribution in [1.82, 2.24) is 4.90 Å². The Labute approximate surface area is 151 Å². The van der Waals surface area contributed by atoms with Gasteiger partial charge in [0.15, 0.2) is 6.10 Å². The van der Waals surface area contributed by atoms with Gasteiger partial charge in [-0.1, -0.05) is 42.5 Å². The number of hydrogen-bond donors (Lipinski definition) is 0. The van der Waals surface area contributed by atoms with Crippen molar-refractivity contribution in [2.45, 2.75) is 26.0 Å². The van der Waals surface area contributed by atoms with Crippen molar-refractivity contribution >= 4 is 22.8 Å². The Morgan fingerprint density at radius 1 is 1.08 bits per heavy atom. The van der Waals surface area contributed by atoms with E-state index in [9.17, 15) is 9.59 Å². The summed E-state index contributed by atoms with van der Waals surface area (Å²) in [6, 6.07) is 17.1. The van der Waals surface area contributed by atoms with Gasteiger partial charge in [-0.2, -0.15) is 0 Å². The second kappa shape index (κ2) is 6.67. The van der Waals surface area contributed by atoms with Crippen LogP contribution in [0.1, 0.15) is 28.6 Å². The van der Waals surface area contributed by atoms with E-state index in [4.69, 9.17) is 9.15 Å². The van der Waals surface area contributed by atoms with E-state index in [0.29, 0.717) is 18.7 Å². The first kappa shape index (κ1) is 16.4. The van der Waals surface area contributed by atoms with Crippen LogP contribution in [0, 0.1) is 0 Å². The van der Waals surface area contributed by atoms with Gasteiger partial charge >= 0.3 is 5.97 Å². The maximum absolute atomic E-state index is 12.7. The number of para-hydroxylation sites is 1. The number of esters is 1. The van der Waals surface area contributed by atoms with Crippen molar-refractivity contribution in [1.29, 1.82) is 0 Å². The summed E-state index contributed by atoms with van der Waals surface area (Å²) in [5.74, 6) is -0.710. The molecule has 3 aromatic rings. The van der Waals surface area contributed by atoms with E-state index in [1.807, 2.05) is 36.4 Å². The molecule has 0 radical (unpaired) electrons. The maximum atomic E-state index is 12.7. The minimum atomic E-state index is -0.860. The molecule has 4 rings (SSSR count). The molecule has 0 spiro atoms. The molecule has 1 amide bonds. The number of hydrogen-bond acceptors (Lipinski definition) is 4. The van der Waals surface area contributed by atoms with E-state index in [1.165, 1.54) is 5.56 Å². The van der Waals surface area contributed by atoms with Gasteiger partial charge in [-0.05, 0) is 36.6 Å². The molecule has 1 aliphatic heterocycles. The Morgan fingerprint density at radius 3 is 2.62 bits per heavy atom. The minimum absolute atomic E-state index is 0.106. The number of benzene rings is 2. The number of nitrogens with zero attached hydrogens (tertiary/aromatic N) is 1. The highest BCUT2D eigenvalue weighted by Gasteiger charge is 2.28. The summed E-state index contributed by atoms with van der Waals surface area (Å²) in [6.45, 7) is 2.77. The molecule has 0 aliphatic carbocycles. The summed E-state index contributed by atoms with van der Waals surface area (Å²) in [5, 5.41) is 0.825. The highest BCUT2D eigenvalue weighted by Crippen LogP contribution is 2.22. The second-order valence-corrected chi connectivity index (χ2v) is 6.47. The lowest BCUT2D eigenvalue weighted by Crippen LogP contribution is -2.42. The minimum Gasteiger partial charge on any atom is -0.449 e. The topological polar surface area (TPSA) is 59.8 Å². The predicted octanol–water partition coefficient (Wildman–Crippen LogP) is 3.56. The normalized spacial score (nSPS) is 14.7. The second-order valence-electron chi connectivity index (χ2n) is 6.47. The average molecular weight is 349 g/mol. The summed E-state index contributed by atoms with van der Waals surface area (Å²) in [7, 11) is 0. The van der Waals surface area contributed by atoms with E-state index in [-0.39, 0.29) is 11.7 Å². The number of carbonyl (C=O) groups excluding carboxylic acids is 2. The zero-order chi connectivity index (χ0) is 18.1. The quantitative estimate of drug-likeness (QED) is 0.678. The smallest absolute Gasteiger partial charge is 0.375 e. The van der Waals surface area contributed by atoms with Gasteiger partial charge in [0.1, 0.15) is 5.58 Å². The van der Waals surface area contributed by atoms with Crippen LogP contribution in [0.15, 0.2) is 59.0 Å². The van der Waals surface area contributed by atoms with Crippen molar-refractivity contribution in [2.24, 2.45) is 0 Å². The summed E-state index contributed by atoms with van der Waals surface area (Å²) < 4.78 is 10.8. The monoisotopic (exact) mass is 349 g/mol. The Balaban J connectivity index is 1.43. The molecule has 0 fully saturated rings. The van der Waals surface area contributed by atoms with Gasteiger partial charge in [0.25, 0.3) is 5.91 Å². The Hall–Kier alpha value is -3.08. The lowest BCUT2D eigenvalue weighted by Gasteiger charge is -2.30. The first-order valence-corrected chi connectivity index (χ1v) is 8.67. The van der Waals surface area contributed by atoms with Crippen LogP contribution in [-0.4, -0.2) is 29.4 Å². The van der Waals surface area contributed by atoms with E-state index < -0.39 is 12.1 Å². The van der Waals surface area contributed by atoms with Crippen LogP contribution in [0.5, 0.6) is 0 Å². The van der Waals surface area contributed by atoms with Gasteiger partial charge in [-0.15, -0.1) is 0 Å². The molecule has 2 aromatic carbocycles. The largest absolute Gasteiger partial charge is 0.449 e. The standard InChI is InChI=1S/C21H19NO4/c1-14(20(23)22-11-10-15-6-2-3-8-17(15)13-22)25-21(24)19-12-16-7-4-5-9-18(16)26-19/h2-9,12,14H,10-11,13H2,1H3/t14-/m1/s1. The molecule has 26 heavy (non-hydrogen) atoms. The van der Waals surface area contributed by atoms with Crippen molar-refractivity contribution in [2.75, 3.05) is 6.54 Å². The molecule has 5 nitrogen and oxygen atoms in total. The fourth-order valence-electron chi connectivity index (χ4n) is 3.29. The molecular formula is C21H19NO4. The van der Waals surface area contributed by atoms with E-state index >= 15 is 0 Å². The van der Waals surface area contributed by atoms with Crippen molar-refractivity contribution in [3.8, 4) is 0 Å². The van der Waals surface area contributed by atoms with Crippen LogP contribution in [-0.2, 0) is 22.5 Å². The molecule has 1 aliphatic rings. The van der Waals surface area contributed by atoms with Crippen LogP contribution in [0.2, 0.25) is 0 Å². The highest BCUT2D eigenvalue weighted by molar-refractivity contribution is 5.94. The third-order valence-corrected chi connectivity index (χ3v) is 4.70. The number of carbonyl (C=O) groups is 2. The van der Waals surface area contributed by atoms with Crippen LogP contribution < -0.4 is 0 Å². The van der Waals surface area contributed by atoms with Crippen LogP contribution in [0.3, 0.4) is 0 Å². The van der Waals surface area contributed by atoms with Crippen LogP contribution >= 0.6 is 0 Å². The van der Waals surface area contributed by atoms with E-state index in [1.54, 1.807) is 24.0 Å². The Kier molecular flexibility index (Phi) is 4.21. The third kappa shape index (κ3) is 3.08. The van der Waals surface area contributed by atoms with Crippen LogP contribution in [0.25, 0.3) is 11.0 Å². The number of ether oxygens (including phenoxy) is 1. The predicted molar refractivity (Wildman–Crippen MR) is 96.7 cm³/mol. The van der Waals surface area contributed by atoms with Crippen molar-refractivity contribution in [3.63, 3.8) is 0 Å². The van der Waals surface area contributed by atoms with E-state index in [0.717, 1.165) is 17.4 Å². The first-order valence-electron chi connectivity index (χ1n) is 8.67. The van der Waals surface area contributed by atoms with E-state index in [2.05, 4.69) is 6.07 Å². The molecular weight excluding hydrogens is 330 g/mol. The van der Waals surface area contributed by atoms with Gasteiger partial charge in [0.05, 0.1) is 0 Å². The van der Waals surface area contributed by atoms with Gasteiger partial charge in [-0.3, -0.25) is 4.79 Å². The fraction of sp³-hybridized carbons (Fsp3) is 0.238. The summed E-state index contributed by atoms with van der Waals surface area (Å²) in [5.41, 5.74) is 3.03. The molecule has 0 saturated carbocycles. The van der Waals surface area contributed by atoms with Crippen LogP contribution in [0.4, 0.5) is 0 Å². The SMILES string of the molecule is C[C@@H](OC(=O)c1cc2ccccc2o1)C(=O)N1CCc2ccccc2C1. The van der Waals surface area contributed by atoms with Gasteiger partial charge < -0.3 is 14.1 Å². The Bertz CT molecular complexity index is 942. The molecule has 0 saturated heterocycles. The van der Waals surface area contributed by atoms with Gasteiger partial charge in [-0.25, -0.2) is 4.79 Å². The molecule has 1 aromatic heterocycles. The molecule has 0 bridgehead atoms. The molecule has 0 unspecified atom stereocenters. The molecule has 5 heteroatoms. The first-order chi connectivity index (χ1) is 12.6. The average Bonchev–Trinajstić information content (AvgIpc) is 3.11. The molecule has 0 N–H and O–H groups in total. The van der Waals surface area contributed by atoms with Gasteiger partial charge in [0, 0.05) is 18.5 Å². The lowest BCUT2D eigenvalue weighted by molar-refractivity contribution is -0.140. The lowest BCUT2D eigenvalue weighted by atomic mass is 9.99. The number of amides is 1. The Morgan fingerprint density at radius 2 is 1.81 bits per heavy atom. The third-order valence-electron chi connectivity index (χ3n) is 4.70. The molecule has 1 atom stereocenters. The number of rotatable bonds is 3.